The number of nitrogens with zero attached hydrogens (tertiary/aromatic N) is 7. The predicted octanol–water partition coefficient (Wildman–Crippen LogP) is 0.483. The number of rotatable bonds is 19. The van der Waals surface area contributed by atoms with Gasteiger partial charge in [0.25, 0.3) is 0 Å². The molecule has 0 bridgehead atoms. The number of piperazine rings is 2. The van der Waals surface area contributed by atoms with E-state index in [0.29, 0.717) is 50.9 Å². The highest BCUT2D eigenvalue weighted by Crippen LogP contribution is 2.21. The van der Waals surface area contributed by atoms with Crippen LogP contribution in [-0.2, 0) is 9.47 Å². The van der Waals surface area contributed by atoms with Crippen LogP contribution < -0.4 is 14.5 Å². The van der Waals surface area contributed by atoms with Crippen LogP contribution in [0, 0.1) is 0 Å². The van der Waals surface area contributed by atoms with Crippen molar-refractivity contribution in [2.45, 2.75) is 39.0 Å². The van der Waals surface area contributed by atoms with Crippen molar-refractivity contribution in [1.82, 2.24) is 24.8 Å². The van der Waals surface area contributed by atoms with E-state index in [-0.39, 0.29) is 13.2 Å². The molecule has 2 saturated heterocycles. The van der Waals surface area contributed by atoms with Crippen molar-refractivity contribution in [2.24, 2.45) is 0 Å². The molecule has 0 unspecified atom stereocenters. The lowest BCUT2D eigenvalue weighted by Crippen LogP contribution is -2.49. The molecular formula is C26H49N7O5. The minimum absolute atomic E-state index is 0.0622. The van der Waals surface area contributed by atoms with Gasteiger partial charge in [0.1, 0.15) is 0 Å². The number of aromatic nitrogens is 3. The SMILES string of the molecule is CCCCCCCOc1nc(N2CCN(CCOCCO)CC2)nc(N2CCN(CCOCCO)CC2)n1. The van der Waals surface area contributed by atoms with Crippen molar-refractivity contribution in [2.75, 3.05) is 121 Å². The first-order chi connectivity index (χ1) is 18.7. The van der Waals surface area contributed by atoms with Crippen LogP contribution in [0.1, 0.15) is 39.0 Å². The Balaban J connectivity index is 1.56. The lowest BCUT2D eigenvalue weighted by atomic mass is 10.2. The Morgan fingerprint density at radius 1 is 0.605 bits per heavy atom. The molecule has 0 atom stereocenters. The Kier molecular flexibility index (Phi) is 14.9. The summed E-state index contributed by atoms with van der Waals surface area (Å²) in [5, 5.41) is 17.8. The fraction of sp³-hybridized carbons (Fsp3) is 0.885. The highest BCUT2D eigenvalue weighted by molar-refractivity contribution is 5.41. The third-order valence-electron chi connectivity index (χ3n) is 6.96. The van der Waals surface area contributed by atoms with Crippen LogP contribution in [0.3, 0.4) is 0 Å². The van der Waals surface area contributed by atoms with Crippen molar-refractivity contribution in [3.05, 3.63) is 0 Å². The number of hydrogen-bond acceptors (Lipinski definition) is 12. The monoisotopic (exact) mass is 539 g/mol. The van der Waals surface area contributed by atoms with Gasteiger partial charge in [-0.1, -0.05) is 32.6 Å². The zero-order valence-corrected chi connectivity index (χ0v) is 23.3. The Hall–Kier alpha value is -1.83. The van der Waals surface area contributed by atoms with Crippen LogP contribution in [0.2, 0.25) is 0 Å². The molecule has 0 aromatic carbocycles. The second-order valence-electron chi connectivity index (χ2n) is 9.81. The molecule has 0 saturated carbocycles. The molecular weight excluding hydrogens is 490 g/mol. The van der Waals surface area contributed by atoms with Crippen LogP contribution in [-0.4, -0.2) is 147 Å². The van der Waals surface area contributed by atoms with Gasteiger partial charge in [-0.15, -0.1) is 0 Å². The maximum atomic E-state index is 8.88. The standard InChI is InChI=1S/C26H49N7O5/c1-2-3-4-5-6-19-38-26-28-24(32-11-7-30(8-12-32)15-20-36-22-17-34)27-25(29-26)33-13-9-31(10-14-33)16-21-37-23-18-35/h34-35H,2-23H2,1H3. The lowest BCUT2D eigenvalue weighted by Gasteiger charge is -2.36. The minimum Gasteiger partial charge on any atom is -0.463 e. The van der Waals surface area contributed by atoms with Crippen molar-refractivity contribution < 1.29 is 24.4 Å². The van der Waals surface area contributed by atoms with E-state index in [0.717, 1.165) is 78.3 Å². The van der Waals surface area contributed by atoms with Gasteiger partial charge in [-0.2, -0.15) is 15.0 Å². The molecule has 0 amide bonds. The van der Waals surface area contributed by atoms with E-state index in [4.69, 9.17) is 39.4 Å². The second kappa shape index (κ2) is 18.5. The molecule has 3 rings (SSSR count). The van der Waals surface area contributed by atoms with Crippen LogP contribution in [0.15, 0.2) is 0 Å². The molecule has 38 heavy (non-hydrogen) atoms. The van der Waals surface area contributed by atoms with Crippen molar-refractivity contribution in [1.29, 1.82) is 0 Å². The molecule has 0 aliphatic carbocycles. The van der Waals surface area contributed by atoms with E-state index in [1.165, 1.54) is 19.3 Å². The minimum atomic E-state index is 0.0622. The highest BCUT2D eigenvalue weighted by atomic mass is 16.5. The van der Waals surface area contributed by atoms with Crippen molar-refractivity contribution >= 4 is 11.9 Å². The molecule has 0 spiro atoms. The summed E-state index contributed by atoms with van der Waals surface area (Å²) in [7, 11) is 0. The Bertz CT molecular complexity index is 696. The van der Waals surface area contributed by atoms with Gasteiger partial charge in [0.2, 0.25) is 11.9 Å². The van der Waals surface area contributed by atoms with Crippen molar-refractivity contribution in [3.63, 3.8) is 0 Å². The fourth-order valence-electron chi connectivity index (χ4n) is 4.62. The average molecular weight is 540 g/mol. The number of hydrogen-bond donors (Lipinski definition) is 2. The molecule has 0 radical (unpaired) electrons. The zero-order chi connectivity index (χ0) is 26.8. The van der Waals surface area contributed by atoms with Gasteiger partial charge in [0.15, 0.2) is 0 Å². The molecule has 2 N–H and O–H groups in total. The molecule has 1 aromatic rings. The smallest absolute Gasteiger partial charge is 0.323 e. The number of aliphatic hydroxyl groups is 2. The maximum Gasteiger partial charge on any atom is 0.323 e. The third-order valence-corrected chi connectivity index (χ3v) is 6.96. The molecule has 218 valence electrons. The normalized spacial score (nSPS) is 17.3. The van der Waals surface area contributed by atoms with E-state index < -0.39 is 0 Å². The molecule has 12 nitrogen and oxygen atoms in total. The number of unbranched alkanes of at least 4 members (excludes halogenated alkanes) is 4. The van der Waals surface area contributed by atoms with Crippen LogP contribution in [0.4, 0.5) is 11.9 Å². The summed E-state index contributed by atoms with van der Waals surface area (Å²) in [5.41, 5.74) is 0. The van der Waals surface area contributed by atoms with E-state index in [1.54, 1.807) is 0 Å². The van der Waals surface area contributed by atoms with Gasteiger partial charge < -0.3 is 34.2 Å². The van der Waals surface area contributed by atoms with E-state index in [1.807, 2.05) is 0 Å². The second-order valence-corrected chi connectivity index (χ2v) is 9.81. The molecule has 2 aliphatic heterocycles. The molecule has 3 heterocycles. The Labute approximate surface area is 227 Å². The fourth-order valence-corrected chi connectivity index (χ4v) is 4.62. The van der Waals surface area contributed by atoms with Crippen LogP contribution >= 0.6 is 0 Å². The molecule has 1 aromatic heterocycles. The Morgan fingerprint density at radius 2 is 1.11 bits per heavy atom. The van der Waals surface area contributed by atoms with E-state index in [2.05, 4.69) is 26.5 Å². The van der Waals surface area contributed by atoms with Gasteiger partial charge in [0, 0.05) is 65.4 Å². The predicted molar refractivity (Wildman–Crippen MR) is 147 cm³/mol. The lowest BCUT2D eigenvalue weighted by molar-refractivity contribution is 0.0723. The van der Waals surface area contributed by atoms with Gasteiger partial charge in [0.05, 0.1) is 46.2 Å². The van der Waals surface area contributed by atoms with E-state index >= 15 is 0 Å². The quantitative estimate of drug-likeness (QED) is 0.238. The average Bonchev–Trinajstić information content (AvgIpc) is 2.96. The van der Waals surface area contributed by atoms with Gasteiger partial charge in [-0.05, 0) is 6.42 Å². The number of anilines is 2. The van der Waals surface area contributed by atoms with Gasteiger partial charge in [-0.25, -0.2) is 0 Å². The highest BCUT2D eigenvalue weighted by Gasteiger charge is 2.24. The van der Waals surface area contributed by atoms with Crippen molar-refractivity contribution in [3.8, 4) is 6.01 Å². The van der Waals surface area contributed by atoms with E-state index in [9.17, 15) is 0 Å². The third kappa shape index (κ3) is 11.1. The summed E-state index contributed by atoms with van der Waals surface area (Å²) in [4.78, 5) is 23.5. The zero-order valence-electron chi connectivity index (χ0n) is 23.3. The number of aliphatic hydroxyl groups excluding tert-OH is 2. The maximum absolute atomic E-state index is 8.88. The summed E-state index contributed by atoms with van der Waals surface area (Å²) < 4.78 is 16.9. The molecule has 2 aliphatic rings. The van der Waals surface area contributed by atoms with Gasteiger partial charge in [-0.3, -0.25) is 9.80 Å². The van der Waals surface area contributed by atoms with Crippen LogP contribution in [0.25, 0.3) is 0 Å². The largest absolute Gasteiger partial charge is 0.463 e. The first-order valence-electron chi connectivity index (χ1n) is 14.4. The van der Waals surface area contributed by atoms with Crippen LogP contribution in [0.5, 0.6) is 6.01 Å². The summed E-state index contributed by atoms with van der Waals surface area (Å²) >= 11 is 0. The number of ether oxygens (including phenoxy) is 3. The van der Waals surface area contributed by atoms with Gasteiger partial charge >= 0.3 is 6.01 Å². The Morgan fingerprint density at radius 3 is 1.58 bits per heavy atom. The first-order valence-corrected chi connectivity index (χ1v) is 14.4. The summed E-state index contributed by atoms with van der Waals surface area (Å²) in [5.74, 6) is 1.37. The summed E-state index contributed by atoms with van der Waals surface area (Å²) in [6, 6.07) is 0.417. The topological polar surface area (TPSA) is 120 Å². The molecule has 12 heteroatoms. The molecule has 2 fully saturated rings. The summed E-state index contributed by atoms with van der Waals surface area (Å²) in [6.45, 7) is 13.7. The first kappa shape index (κ1) is 30.7. The summed E-state index contributed by atoms with van der Waals surface area (Å²) in [6.07, 6.45) is 5.89.